The van der Waals surface area contributed by atoms with E-state index in [2.05, 4.69) is 46.6 Å². The first-order valence-electron chi connectivity index (χ1n) is 7.37. The summed E-state index contributed by atoms with van der Waals surface area (Å²) in [5, 5.41) is 7.47. The van der Waals surface area contributed by atoms with E-state index in [9.17, 15) is 0 Å². The van der Waals surface area contributed by atoms with Crippen LogP contribution in [-0.2, 0) is 12.8 Å². The van der Waals surface area contributed by atoms with E-state index in [1.807, 2.05) is 0 Å². The fourth-order valence-electron chi connectivity index (χ4n) is 2.67. The van der Waals surface area contributed by atoms with Crippen LogP contribution in [0.15, 0.2) is 28.8 Å². The van der Waals surface area contributed by atoms with Gasteiger partial charge in [0.05, 0.1) is 0 Å². The van der Waals surface area contributed by atoms with Crippen LogP contribution in [0.4, 0.5) is 0 Å². The summed E-state index contributed by atoms with van der Waals surface area (Å²) in [7, 11) is 0. The smallest absolute Gasteiger partial charge is 0.226 e. The van der Waals surface area contributed by atoms with Gasteiger partial charge in [-0.15, -0.1) is 0 Å². The summed E-state index contributed by atoms with van der Waals surface area (Å²) in [5.41, 5.74) is 2.50. The van der Waals surface area contributed by atoms with Gasteiger partial charge < -0.3 is 9.84 Å². The molecule has 0 saturated carbocycles. The minimum Gasteiger partial charge on any atom is -0.339 e. The van der Waals surface area contributed by atoms with Crippen LogP contribution in [0.25, 0.3) is 0 Å². The highest BCUT2D eigenvalue weighted by molar-refractivity contribution is 5.23. The maximum Gasteiger partial charge on any atom is 0.226 e. The second-order valence-electron chi connectivity index (χ2n) is 5.66. The molecule has 1 aliphatic heterocycles. The van der Waals surface area contributed by atoms with E-state index in [1.54, 1.807) is 0 Å². The monoisotopic (exact) mass is 271 g/mol. The van der Waals surface area contributed by atoms with Gasteiger partial charge in [0.2, 0.25) is 5.89 Å². The summed E-state index contributed by atoms with van der Waals surface area (Å²) in [6.07, 6.45) is 4.07. The molecule has 0 amide bonds. The lowest BCUT2D eigenvalue weighted by molar-refractivity contribution is 0.312. The molecule has 1 saturated heterocycles. The molecule has 1 aromatic heterocycles. The summed E-state index contributed by atoms with van der Waals surface area (Å²) in [4.78, 5) is 4.52. The van der Waals surface area contributed by atoms with Crippen LogP contribution in [0.3, 0.4) is 0 Å². The Balaban J connectivity index is 1.60. The molecule has 0 unspecified atom stereocenters. The highest BCUT2D eigenvalue weighted by Gasteiger charge is 2.17. The molecule has 1 fully saturated rings. The molecule has 0 bridgehead atoms. The fourth-order valence-corrected chi connectivity index (χ4v) is 2.67. The number of aromatic nitrogens is 2. The standard InChI is InChI=1S/C16H21N3O/c1-12-2-4-13(5-3-12)10-15-18-16(20-19-15)11-14-6-8-17-9-7-14/h2-5,14,17H,6-11H2,1H3. The molecule has 1 aliphatic rings. The van der Waals surface area contributed by atoms with E-state index in [-0.39, 0.29) is 0 Å². The van der Waals surface area contributed by atoms with Crippen molar-refractivity contribution in [3.8, 4) is 0 Å². The molecule has 20 heavy (non-hydrogen) atoms. The van der Waals surface area contributed by atoms with E-state index in [0.29, 0.717) is 5.92 Å². The number of nitrogens with one attached hydrogen (secondary N) is 1. The number of rotatable bonds is 4. The van der Waals surface area contributed by atoms with E-state index >= 15 is 0 Å². The number of hydrogen-bond donors (Lipinski definition) is 1. The zero-order chi connectivity index (χ0) is 13.8. The van der Waals surface area contributed by atoms with Gasteiger partial charge in [0.25, 0.3) is 0 Å². The maximum absolute atomic E-state index is 5.38. The molecular weight excluding hydrogens is 250 g/mol. The predicted molar refractivity (Wildman–Crippen MR) is 77.6 cm³/mol. The molecular formula is C16H21N3O. The summed E-state index contributed by atoms with van der Waals surface area (Å²) < 4.78 is 5.38. The van der Waals surface area contributed by atoms with Gasteiger partial charge in [-0.1, -0.05) is 35.0 Å². The van der Waals surface area contributed by atoms with Crippen molar-refractivity contribution in [2.24, 2.45) is 5.92 Å². The molecule has 2 heterocycles. The Morgan fingerprint density at radius 2 is 1.95 bits per heavy atom. The van der Waals surface area contributed by atoms with Crippen LogP contribution >= 0.6 is 0 Å². The van der Waals surface area contributed by atoms with Crippen LogP contribution in [0, 0.1) is 12.8 Å². The topological polar surface area (TPSA) is 51.0 Å². The molecule has 0 atom stereocenters. The maximum atomic E-state index is 5.38. The van der Waals surface area contributed by atoms with Crippen molar-refractivity contribution < 1.29 is 4.52 Å². The largest absolute Gasteiger partial charge is 0.339 e. The van der Waals surface area contributed by atoms with Crippen LogP contribution in [0.5, 0.6) is 0 Å². The SMILES string of the molecule is Cc1ccc(Cc2noc(CC3CCNCC3)n2)cc1. The number of piperidine rings is 1. The van der Waals surface area contributed by atoms with Gasteiger partial charge in [-0.05, 0) is 44.3 Å². The Morgan fingerprint density at radius 1 is 1.20 bits per heavy atom. The molecule has 0 aliphatic carbocycles. The van der Waals surface area contributed by atoms with Crippen molar-refractivity contribution in [1.82, 2.24) is 15.5 Å². The third-order valence-electron chi connectivity index (χ3n) is 3.92. The molecule has 0 spiro atoms. The van der Waals surface area contributed by atoms with Crippen LogP contribution in [-0.4, -0.2) is 23.2 Å². The van der Waals surface area contributed by atoms with Crippen molar-refractivity contribution >= 4 is 0 Å². The van der Waals surface area contributed by atoms with Gasteiger partial charge in [0.1, 0.15) is 0 Å². The Bertz CT molecular complexity index is 541. The molecule has 3 rings (SSSR count). The number of nitrogens with zero attached hydrogens (tertiary/aromatic N) is 2. The van der Waals surface area contributed by atoms with Gasteiger partial charge in [0.15, 0.2) is 5.82 Å². The van der Waals surface area contributed by atoms with E-state index in [1.165, 1.54) is 24.0 Å². The fraction of sp³-hybridized carbons (Fsp3) is 0.500. The minimum absolute atomic E-state index is 0.684. The highest BCUT2D eigenvalue weighted by atomic mass is 16.5. The first-order valence-corrected chi connectivity index (χ1v) is 7.37. The molecule has 4 heteroatoms. The zero-order valence-electron chi connectivity index (χ0n) is 11.9. The second kappa shape index (κ2) is 6.18. The number of hydrogen-bond acceptors (Lipinski definition) is 4. The Hall–Kier alpha value is -1.68. The van der Waals surface area contributed by atoms with Crippen molar-refractivity contribution in [2.45, 2.75) is 32.6 Å². The normalized spacial score (nSPS) is 16.4. The van der Waals surface area contributed by atoms with Crippen molar-refractivity contribution in [1.29, 1.82) is 0 Å². The van der Waals surface area contributed by atoms with Gasteiger partial charge in [0, 0.05) is 12.8 Å². The molecule has 1 N–H and O–H groups in total. The average Bonchev–Trinajstić information content (AvgIpc) is 2.90. The zero-order valence-corrected chi connectivity index (χ0v) is 11.9. The predicted octanol–water partition coefficient (Wildman–Crippen LogP) is 2.51. The quantitative estimate of drug-likeness (QED) is 0.928. The Morgan fingerprint density at radius 3 is 2.70 bits per heavy atom. The van der Waals surface area contributed by atoms with E-state index < -0.39 is 0 Å². The number of benzene rings is 1. The Kier molecular flexibility index (Phi) is 4.11. The lowest BCUT2D eigenvalue weighted by atomic mass is 9.95. The molecule has 2 aromatic rings. The van der Waals surface area contributed by atoms with Crippen LogP contribution in [0.2, 0.25) is 0 Å². The van der Waals surface area contributed by atoms with Gasteiger partial charge in [-0.3, -0.25) is 0 Å². The lowest BCUT2D eigenvalue weighted by Gasteiger charge is -2.20. The van der Waals surface area contributed by atoms with Crippen LogP contribution < -0.4 is 5.32 Å². The van der Waals surface area contributed by atoms with Crippen molar-refractivity contribution in [2.75, 3.05) is 13.1 Å². The van der Waals surface area contributed by atoms with E-state index in [0.717, 1.165) is 37.6 Å². The molecule has 1 aromatic carbocycles. The second-order valence-corrected chi connectivity index (χ2v) is 5.66. The summed E-state index contributed by atoms with van der Waals surface area (Å²) >= 11 is 0. The average molecular weight is 271 g/mol. The summed E-state index contributed by atoms with van der Waals surface area (Å²) in [6.45, 7) is 4.30. The first kappa shape index (κ1) is 13.3. The third-order valence-corrected chi connectivity index (χ3v) is 3.92. The highest BCUT2D eigenvalue weighted by Crippen LogP contribution is 2.17. The van der Waals surface area contributed by atoms with Crippen LogP contribution in [0.1, 0.15) is 35.7 Å². The third kappa shape index (κ3) is 3.45. The van der Waals surface area contributed by atoms with Gasteiger partial charge in [-0.25, -0.2) is 0 Å². The lowest BCUT2D eigenvalue weighted by Crippen LogP contribution is -2.28. The number of aryl methyl sites for hydroxylation is 1. The van der Waals surface area contributed by atoms with E-state index in [4.69, 9.17) is 4.52 Å². The van der Waals surface area contributed by atoms with Crippen molar-refractivity contribution in [3.05, 3.63) is 47.1 Å². The summed E-state index contributed by atoms with van der Waals surface area (Å²) in [5.74, 6) is 2.26. The van der Waals surface area contributed by atoms with Gasteiger partial charge in [-0.2, -0.15) is 4.98 Å². The molecule has 106 valence electrons. The van der Waals surface area contributed by atoms with Crippen molar-refractivity contribution in [3.63, 3.8) is 0 Å². The minimum atomic E-state index is 0.684. The molecule has 4 nitrogen and oxygen atoms in total. The Labute approximate surface area is 119 Å². The molecule has 0 radical (unpaired) electrons. The summed E-state index contributed by atoms with van der Waals surface area (Å²) in [6, 6.07) is 8.48. The first-order chi connectivity index (χ1) is 9.79. The van der Waals surface area contributed by atoms with Gasteiger partial charge >= 0.3 is 0 Å².